The second-order valence-electron chi connectivity index (χ2n) is 8.45. The molecule has 0 radical (unpaired) electrons. The monoisotopic (exact) mass is 685 g/mol. The minimum absolute atomic E-state index is 0.142. The second-order valence-corrected chi connectivity index (χ2v) is 13.5. The van der Waals surface area contributed by atoms with Gasteiger partial charge in [0, 0.05) is 11.8 Å². The van der Waals surface area contributed by atoms with Crippen molar-refractivity contribution in [2.24, 2.45) is 4.99 Å². The summed E-state index contributed by atoms with van der Waals surface area (Å²) in [5, 5.41) is 0.948. The van der Waals surface area contributed by atoms with E-state index in [1.54, 1.807) is 20.8 Å². The third kappa shape index (κ3) is 6.94. The van der Waals surface area contributed by atoms with Gasteiger partial charge in [-0.3, -0.25) is 4.99 Å². The Morgan fingerprint density at radius 1 is 0.816 bits per heavy atom. The van der Waals surface area contributed by atoms with Crippen LogP contribution in [0.4, 0.5) is 63.3 Å². The Bertz CT molecular complexity index is 1030. The summed E-state index contributed by atoms with van der Waals surface area (Å²) in [5.41, 5.74) is -1.13. The molecule has 0 aromatic heterocycles. The summed E-state index contributed by atoms with van der Waals surface area (Å²) in [6.07, 6.45) is 0.175. The topological polar surface area (TPSA) is 32.6 Å². The third-order valence-corrected chi connectivity index (χ3v) is 5.72. The van der Waals surface area contributed by atoms with E-state index in [0.717, 1.165) is 6.07 Å². The molecule has 0 bridgehead atoms. The van der Waals surface area contributed by atoms with E-state index in [-0.39, 0.29) is 11.8 Å². The van der Waals surface area contributed by atoms with Crippen LogP contribution in [0.3, 0.4) is 0 Å². The normalized spacial score (nSPS) is 16.4. The van der Waals surface area contributed by atoms with E-state index in [2.05, 4.69) is 4.99 Å². The molecule has 1 N–H and O–H groups in total. The van der Waals surface area contributed by atoms with Crippen LogP contribution in [-0.4, -0.2) is 46.8 Å². The van der Waals surface area contributed by atoms with Gasteiger partial charge in [-0.2, -0.15) is 43.9 Å². The summed E-state index contributed by atoms with van der Waals surface area (Å²) in [6.45, 7) is 1.76. The number of alkyl halides is 10. The third-order valence-electron chi connectivity index (χ3n) is 4.49. The van der Waals surface area contributed by atoms with Crippen LogP contribution < -0.4 is 0 Å². The first-order valence-electron chi connectivity index (χ1n) is 9.18. The Morgan fingerprint density at radius 3 is 1.61 bits per heavy atom. The Morgan fingerprint density at radius 2 is 1.24 bits per heavy atom. The number of phenolic OH excluding ortho intramolecular Hbond substituents is 1. The van der Waals surface area contributed by atoms with Crippen molar-refractivity contribution >= 4 is 35.0 Å². The molecule has 0 fully saturated rings. The van der Waals surface area contributed by atoms with Crippen LogP contribution >= 0.6 is 28.8 Å². The van der Waals surface area contributed by atoms with Gasteiger partial charge in [0.15, 0.2) is 0 Å². The maximum atomic E-state index is 13.7. The summed E-state index contributed by atoms with van der Waals surface area (Å²) in [6, 6.07) is 3.48. The van der Waals surface area contributed by atoms with Crippen molar-refractivity contribution in [2.45, 2.75) is 55.1 Å². The van der Waals surface area contributed by atoms with Crippen molar-refractivity contribution in [1.82, 2.24) is 0 Å². The molecule has 0 amide bonds. The SMILES string of the molecule is CC(C)(C)c1cccc(C=NCC(F)(F)C(F)(F)C(F)(F)C(F)(F)C(F)(F)S(F)(F)(F)(F)F)c1O.[Cl][Ti][Cl]. The van der Waals surface area contributed by atoms with Crippen molar-refractivity contribution in [3.8, 4) is 5.75 Å². The van der Waals surface area contributed by atoms with Crippen LogP contribution in [0.1, 0.15) is 31.9 Å². The van der Waals surface area contributed by atoms with Crippen molar-refractivity contribution in [3.05, 3.63) is 29.3 Å². The van der Waals surface area contributed by atoms with Crippen LogP contribution in [0, 0.1) is 0 Å². The van der Waals surface area contributed by atoms with Crippen LogP contribution in [0.15, 0.2) is 23.2 Å². The van der Waals surface area contributed by atoms with Gasteiger partial charge in [0.1, 0.15) is 12.3 Å². The van der Waals surface area contributed by atoms with E-state index in [0.29, 0.717) is 0 Å². The van der Waals surface area contributed by atoms with Gasteiger partial charge in [-0.05, 0) is 17.0 Å². The molecular formula is C17H16Cl2F15NOSTi. The summed E-state index contributed by atoms with van der Waals surface area (Å²) in [7, 11) is -3.22. The van der Waals surface area contributed by atoms with Crippen molar-refractivity contribution in [1.29, 1.82) is 0 Å². The predicted octanol–water partition coefficient (Wildman–Crippen LogP) is 9.92. The fourth-order valence-corrected chi connectivity index (χ4v) is 3.09. The van der Waals surface area contributed by atoms with Gasteiger partial charge < -0.3 is 5.11 Å². The average Bonchev–Trinajstić information content (AvgIpc) is 2.66. The van der Waals surface area contributed by atoms with E-state index in [1.807, 2.05) is 0 Å². The molecule has 0 saturated heterocycles. The molecule has 1 aromatic carbocycles. The standard InChI is InChI=1S/C17H16F15NOS.2ClH.Ti/c1-12(2,3)10-6-4-5-9(11(10)34)7-33-8-13(18,19)14(20,21)15(22,23)16(24,25)17(26,27)35(28,29,30,31)32;;;/h4-7,34H,8H2,1-3H3;2*1H;/q;;;+2/p-2. The first-order chi connectivity index (χ1) is 16.3. The summed E-state index contributed by atoms with van der Waals surface area (Å²) in [5.74, 6) is -32.1. The number of halogens is 17. The maximum absolute atomic E-state index is 13.7. The predicted molar refractivity (Wildman–Crippen MR) is 109 cm³/mol. The first-order valence-corrected chi connectivity index (χ1v) is 15.4. The van der Waals surface area contributed by atoms with Gasteiger partial charge in [-0.1, -0.05) is 52.3 Å². The van der Waals surface area contributed by atoms with Gasteiger partial charge in [0.25, 0.3) is 0 Å². The van der Waals surface area contributed by atoms with E-state index in [9.17, 15) is 68.4 Å². The fraction of sp³-hybridized carbons (Fsp3) is 0.588. The van der Waals surface area contributed by atoms with Gasteiger partial charge in [-0.15, -0.1) is 0 Å². The molecule has 2 nitrogen and oxygen atoms in total. The number of phenols is 1. The molecule has 1 rings (SSSR count). The van der Waals surface area contributed by atoms with Crippen LogP contribution in [0.5, 0.6) is 5.75 Å². The number of hydrogen-bond donors (Lipinski definition) is 1. The molecule has 0 aliphatic rings. The number of aromatic hydroxyl groups is 1. The van der Waals surface area contributed by atoms with E-state index in [1.165, 1.54) is 12.1 Å². The van der Waals surface area contributed by atoms with Gasteiger partial charge in [0.2, 0.25) is 0 Å². The molecule has 38 heavy (non-hydrogen) atoms. The average molecular weight is 686 g/mol. The molecule has 21 heteroatoms. The summed E-state index contributed by atoms with van der Waals surface area (Å²) in [4.78, 5) is 2.55. The van der Waals surface area contributed by atoms with Crippen molar-refractivity contribution < 1.29 is 85.5 Å². The summed E-state index contributed by atoms with van der Waals surface area (Å²) < 4.78 is 195. The molecule has 0 saturated carbocycles. The number of aliphatic imine (C=N–C) groups is 1. The first kappa shape index (κ1) is 37.3. The molecule has 0 unspecified atom stereocenters. The Kier molecular flexibility index (Phi) is 10.1. The van der Waals surface area contributed by atoms with Gasteiger partial charge in [-0.25, -0.2) is 0 Å². The van der Waals surface area contributed by atoms with Crippen LogP contribution in [0.2, 0.25) is 0 Å². The molecule has 0 aliphatic heterocycles. The van der Waals surface area contributed by atoms with Crippen molar-refractivity contribution in [3.63, 3.8) is 0 Å². The van der Waals surface area contributed by atoms with Gasteiger partial charge in [0.05, 0.1) is 0 Å². The minimum atomic E-state index is -13.0. The Labute approximate surface area is 222 Å². The quantitative estimate of drug-likeness (QED) is 0.165. The number of rotatable bonds is 8. The molecule has 224 valence electrons. The molecule has 1 aromatic rings. The Balaban J connectivity index is 0.00000434. The molecule has 0 heterocycles. The number of benzene rings is 1. The summed E-state index contributed by atoms with van der Waals surface area (Å²) >= 11 is -0.556. The molecule has 0 aliphatic carbocycles. The Hall–Kier alpha value is -0.716. The van der Waals surface area contributed by atoms with E-state index >= 15 is 0 Å². The van der Waals surface area contributed by atoms with Crippen LogP contribution in [-0.2, 0) is 22.4 Å². The fourth-order valence-electron chi connectivity index (χ4n) is 2.48. The molecule has 0 atom stereocenters. The van der Waals surface area contributed by atoms with Crippen molar-refractivity contribution in [2.75, 3.05) is 6.54 Å². The zero-order valence-electron chi connectivity index (χ0n) is 18.7. The molecule has 0 spiro atoms. The second kappa shape index (κ2) is 10.3. The number of nitrogens with zero attached hydrogens (tertiary/aromatic N) is 1. The van der Waals surface area contributed by atoms with E-state index < -0.39 is 79.5 Å². The number of hydrogen-bond acceptors (Lipinski definition) is 2. The zero-order valence-corrected chi connectivity index (χ0v) is 22.6. The van der Waals surface area contributed by atoms with Crippen LogP contribution in [0.25, 0.3) is 0 Å². The van der Waals surface area contributed by atoms with Gasteiger partial charge >= 0.3 is 74.8 Å². The van der Waals surface area contributed by atoms with E-state index in [4.69, 9.17) is 18.6 Å². The number of para-hydroxylation sites is 1. The molecular weight excluding hydrogens is 670 g/mol. The zero-order chi connectivity index (χ0) is 31.1.